The Labute approximate surface area is 150 Å². The Morgan fingerprint density at radius 3 is 2.85 bits per heavy atom. The van der Waals surface area contributed by atoms with E-state index in [-0.39, 0.29) is 18.3 Å². The Morgan fingerprint density at radius 1 is 1.23 bits per heavy atom. The molecule has 3 heterocycles. The lowest BCUT2D eigenvalue weighted by molar-refractivity contribution is -0.132. The van der Waals surface area contributed by atoms with Gasteiger partial charge < -0.3 is 4.90 Å². The van der Waals surface area contributed by atoms with Gasteiger partial charge in [0.05, 0.1) is 0 Å². The van der Waals surface area contributed by atoms with Crippen molar-refractivity contribution >= 4 is 5.91 Å². The first-order valence-corrected chi connectivity index (χ1v) is 8.25. The van der Waals surface area contributed by atoms with Crippen molar-refractivity contribution in [2.75, 3.05) is 0 Å². The van der Waals surface area contributed by atoms with Gasteiger partial charge in [-0.2, -0.15) is 5.26 Å². The van der Waals surface area contributed by atoms with Crippen LogP contribution in [-0.4, -0.2) is 30.6 Å². The smallest absolute Gasteiger partial charge is 0.252 e. The van der Waals surface area contributed by atoms with Crippen molar-refractivity contribution in [3.8, 4) is 17.2 Å². The fourth-order valence-corrected chi connectivity index (χ4v) is 3.19. The van der Waals surface area contributed by atoms with Crippen LogP contribution in [0, 0.1) is 18.3 Å². The number of pyridine rings is 1. The molecule has 0 atom stereocenters. The van der Waals surface area contributed by atoms with E-state index in [0.29, 0.717) is 13.1 Å². The monoisotopic (exact) mass is 344 g/mol. The second-order valence-electron chi connectivity index (χ2n) is 6.25. The molecule has 1 aliphatic rings. The molecule has 0 spiro atoms. The Balaban J connectivity index is 1.51. The molecule has 4 rings (SSSR count). The minimum Gasteiger partial charge on any atom is -0.332 e. The fourth-order valence-electron chi connectivity index (χ4n) is 3.19. The van der Waals surface area contributed by atoms with Gasteiger partial charge in [0.25, 0.3) is 5.82 Å². The van der Waals surface area contributed by atoms with E-state index >= 15 is 0 Å². The number of rotatable bonds is 3. The Hall–Kier alpha value is -3.53. The summed E-state index contributed by atoms with van der Waals surface area (Å²) in [4.78, 5) is 22.5. The van der Waals surface area contributed by atoms with E-state index in [0.717, 1.165) is 27.9 Å². The number of hydrogen-bond acceptors (Lipinski definition) is 5. The highest BCUT2D eigenvalue weighted by Gasteiger charge is 2.24. The average Bonchev–Trinajstić information content (AvgIpc) is 3.28. The van der Waals surface area contributed by atoms with Gasteiger partial charge in [0.1, 0.15) is 18.9 Å². The number of aryl methyl sites for hydroxylation is 1. The summed E-state index contributed by atoms with van der Waals surface area (Å²) >= 11 is 0. The van der Waals surface area contributed by atoms with Gasteiger partial charge in [-0.3, -0.25) is 9.78 Å². The van der Waals surface area contributed by atoms with Crippen LogP contribution in [-0.2, 0) is 24.4 Å². The van der Waals surface area contributed by atoms with E-state index in [1.165, 1.54) is 11.0 Å². The zero-order chi connectivity index (χ0) is 18.1. The molecule has 1 aromatic carbocycles. The number of nitriles is 1. The second-order valence-corrected chi connectivity index (χ2v) is 6.25. The number of fused-ring (bicyclic) bond motifs is 1. The molecule has 7 nitrogen and oxygen atoms in total. The zero-order valence-corrected chi connectivity index (χ0v) is 14.3. The summed E-state index contributed by atoms with van der Waals surface area (Å²) < 4.78 is 1.40. The molecule has 0 N–H and O–H groups in total. The molecular formula is C19H16N6O. The molecular weight excluding hydrogens is 328 g/mol. The molecule has 0 aliphatic carbocycles. The minimum atomic E-state index is -0.0466. The molecule has 0 radical (unpaired) electrons. The zero-order valence-electron chi connectivity index (χ0n) is 14.3. The van der Waals surface area contributed by atoms with Crippen molar-refractivity contribution in [2.24, 2.45) is 0 Å². The minimum absolute atomic E-state index is 0.0466. The maximum absolute atomic E-state index is 12.5. The van der Waals surface area contributed by atoms with Gasteiger partial charge >= 0.3 is 0 Å². The van der Waals surface area contributed by atoms with Crippen LogP contribution in [0.15, 0.2) is 42.9 Å². The summed E-state index contributed by atoms with van der Waals surface area (Å²) in [5, 5.41) is 12.7. The third-order valence-corrected chi connectivity index (χ3v) is 4.53. The number of amides is 1. The molecule has 0 saturated carbocycles. The Morgan fingerprint density at radius 2 is 2.08 bits per heavy atom. The Bertz CT molecular complexity index is 1030. The molecule has 1 amide bonds. The summed E-state index contributed by atoms with van der Waals surface area (Å²) in [5.74, 6) is 0.0219. The van der Waals surface area contributed by atoms with Crippen molar-refractivity contribution in [3.63, 3.8) is 0 Å². The highest BCUT2D eigenvalue weighted by Crippen LogP contribution is 2.29. The summed E-state index contributed by atoms with van der Waals surface area (Å²) in [6, 6.07) is 12.1. The quantitative estimate of drug-likeness (QED) is 0.726. The van der Waals surface area contributed by atoms with Gasteiger partial charge in [0.15, 0.2) is 0 Å². The van der Waals surface area contributed by atoms with E-state index in [1.54, 1.807) is 11.1 Å². The summed E-state index contributed by atoms with van der Waals surface area (Å²) in [6.45, 7) is 3.23. The van der Waals surface area contributed by atoms with Gasteiger partial charge in [-0.1, -0.05) is 18.2 Å². The van der Waals surface area contributed by atoms with Crippen LogP contribution in [0.2, 0.25) is 0 Å². The number of hydrogen-bond donors (Lipinski definition) is 0. The molecule has 128 valence electrons. The first-order valence-electron chi connectivity index (χ1n) is 8.25. The maximum atomic E-state index is 12.5. The molecule has 26 heavy (non-hydrogen) atoms. The average molecular weight is 344 g/mol. The van der Waals surface area contributed by atoms with E-state index in [9.17, 15) is 4.79 Å². The van der Waals surface area contributed by atoms with Crippen LogP contribution in [0.25, 0.3) is 11.1 Å². The summed E-state index contributed by atoms with van der Waals surface area (Å²) in [7, 11) is 0. The van der Waals surface area contributed by atoms with Crippen LogP contribution >= 0.6 is 0 Å². The van der Waals surface area contributed by atoms with Gasteiger partial charge in [-0.15, -0.1) is 5.10 Å². The molecule has 7 heteroatoms. The van der Waals surface area contributed by atoms with Crippen LogP contribution in [0.3, 0.4) is 0 Å². The number of carbonyl (C=O) groups is 1. The third kappa shape index (κ3) is 2.93. The standard InChI is InChI=1S/C19H16N6O/c1-13-17(3-2-6-21-13)14-4-5-15-9-24(10-16(15)7-14)19(26)11-25-12-22-18(8-20)23-25/h2-7,12H,9-11H2,1H3. The number of aromatic nitrogens is 4. The van der Waals surface area contributed by atoms with Gasteiger partial charge in [0.2, 0.25) is 5.91 Å². The largest absolute Gasteiger partial charge is 0.332 e. The Kier molecular flexibility index (Phi) is 3.93. The van der Waals surface area contributed by atoms with Crippen molar-refractivity contribution in [3.05, 3.63) is 65.5 Å². The van der Waals surface area contributed by atoms with Crippen LogP contribution in [0.5, 0.6) is 0 Å². The molecule has 0 unspecified atom stereocenters. The van der Waals surface area contributed by atoms with Gasteiger partial charge in [0, 0.05) is 30.5 Å². The summed E-state index contributed by atoms with van der Waals surface area (Å²) in [6.07, 6.45) is 3.19. The highest BCUT2D eigenvalue weighted by molar-refractivity contribution is 5.77. The lowest BCUT2D eigenvalue weighted by Crippen LogP contribution is -2.29. The molecule has 2 aromatic heterocycles. The number of carbonyl (C=O) groups excluding carboxylic acids is 1. The van der Waals surface area contributed by atoms with Crippen LogP contribution in [0.1, 0.15) is 22.6 Å². The topological polar surface area (TPSA) is 87.7 Å². The van der Waals surface area contributed by atoms with Gasteiger partial charge in [-0.05, 0) is 35.7 Å². The first kappa shape index (κ1) is 16.0. The van der Waals surface area contributed by atoms with E-state index in [1.807, 2.05) is 19.1 Å². The first-order chi connectivity index (χ1) is 12.6. The second kappa shape index (κ2) is 6.41. The summed E-state index contributed by atoms with van der Waals surface area (Å²) in [5.41, 5.74) is 5.50. The SMILES string of the molecule is Cc1ncccc1-c1ccc2c(c1)CN(C(=O)Cn1cnc(C#N)n1)C2. The van der Waals surface area contributed by atoms with E-state index in [4.69, 9.17) is 5.26 Å². The predicted molar refractivity (Wildman–Crippen MR) is 93.4 cm³/mol. The van der Waals surface area contributed by atoms with Crippen molar-refractivity contribution in [1.29, 1.82) is 5.26 Å². The lowest BCUT2D eigenvalue weighted by atomic mass is 10.00. The van der Waals surface area contributed by atoms with E-state index in [2.05, 4.69) is 39.3 Å². The van der Waals surface area contributed by atoms with Crippen LogP contribution < -0.4 is 0 Å². The van der Waals surface area contributed by atoms with Crippen molar-refractivity contribution < 1.29 is 4.79 Å². The number of benzene rings is 1. The molecule has 0 bridgehead atoms. The fraction of sp³-hybridized carbons (Fsp3) is 0.211. The maximum Gasteiger partial charge on any atom is 0.252 e. The highest BCUT2D eigenvalue weighted by atomic mass is 16.2. The number of nitrogens with zero attached hydrogens (tertiary/aromatic N) is 6. The van der Waals surface area contributed by atoms with Crippen LogP contribution in [0.4, 0.5) is 0 Å². The molecule has 0 saturated heterocycles. The van der Waals surface area contributed by atoms with E-state index < -0.39 is 0 Å². The molecule has 1 aliphatic heterocycles. The normalized spacial score (nSPS) is 12.7. The van der Waals surface area contributed by atoms with Gasteiger partial charge in [-0.25, -0.2) is 9.67 Å². The lowest BCUT2D eigenvalue weighted by Gasteiger charge is -2.14. The van der Waals surface area contributed by atoms with Crippen molar-refractivity contribution in [2.45, 2.75) is 26.6 Å². The predicted octanol–water partition coefficient (Wildman–Crippen LogP) is 2.06. The third-order valence-electron chi connectivity index (χ3n) is 4.53. The molecule has 0 fully saturated rings. The van der Waals surface area contributed by atoms with Crippen molar-refractivity contribution in [1.82, 2.24) is 24.6 Å². The molecule has 3 aromatic rings.